The van der Waals surface area contributed by atoms with Gasteiger partial charge in [0.1, 0.15) is 12.1 Å². The number of nitrogens with one attached hydrogen (secondary N) is 4. The van der Waals surface area contributed by atoms with E-state index in [1.165, 1.54) is 4.90 Å². The molecule has 0 radical (unpaired) electrons. The van der Waals surface area contributed by atoms with E-state index in [2.05, 4.69) is 27.2 Å². The molecule has 5 atom stereocenters. The van der Waals surface area contributed by atoms with Crippen LogP contribution >= 0.6 is 0 Å². The number of nitrogens with zero attached hydrogens (tertiary/aromatic N) is 1. The van der Waals surface area contributed by atoms with Gasteiger partial charge in [0.15, 0.2) is 9.84 Å². The minimum Gasteiger partial charge on any atom is -0.348 e. The molecule has 1 heterocycles. The molecular weight excluding hydrogens is 671 g/mol. The summed E-state index contributed by atoms with van der Waals surface area (Å²) < 4.78 is 26.9. The number of hydrogen-bond acceptors (Lipinski definition) is 7. The highest BCUT2D eigenvalue weighted by Crippen LogP contribution is 2.65. The molecule has 0 spiro atoms. The summed E-state index contributed by atoms with van der Waals surface area (Å²) in [5.41, 5.74) is -2.03. The molecule has 51 heavy (non-hydrogen) atoms. The summed E-state index contributed by atoms with van der Waals surface area (Å²) in [6.07, 6.45) is 9.67. The number of piperidine rings is 1. The van der Waals surface area contributed by atoms with Gasteiger partial charge in [0.2, 0.25) is 17.6 Å². The topological polar surface area (TPSA) is 171 Å². The number of urea groups is 1. The second kappa shape index (κ2) is 15.8. The monoisotopic (exact) mass is 725 g/mol. The van der Waals surface area contributed by atoms with Crippen molar-refractivity contribution in [1.29, 1.82) is 0 Å². The van der Waals surface area contributed by atoms with Crippen LogP contribution in [0.3, 0.4) is 0 Å². The number of carbonyl (C=O) groups is 5. The second-order valence-electron chi connectivity index (χ2n) is 16.1. The van der Waals surface area contributed by atoms with Crippen LogP contribution in [0, 0.1) is 35.0 Å². The molecule has 2 unspecified atom stereocenters. The fourth-order valence-electron chi connectivity index (χ4n) is 7.95. The summed E-state index contributed by atoms with van der Waals surface area (Å²) in [6.45, 7) is 11.8. The van der Waals surface area contributed by atoms with E-state index in [0.29, 0.717) is 25.8 Å². The summed E-state index contributed by atoms with van der Waals surface area (Å²) in [5, 5.41) is 11.1. The van der Waals surface area contributed by atoms with Crippen molar-refractivity contribution in [2.24, 2.45) is 22.7 Å². The van der Waals surface area contributed by atoms with E-state index >= 15 is 0 Å². The second-order valence-corrected chi connectivity index (χ2v) is 18.1. The lowest BCUT2D eigenvalue weighted by Crippen LogP contribution is -2.63. The summed E-state index contributed by atoms with van der Waals surface area (Å²) in [4.78, 5) is 69.7. The van der Waals surface area contributed by atoms with E-state index < -0.39 is 68.5 Å². The van der Waals surface area contributed by atoms with Gasteiger partial charge in [0.25, 0.3) is 5.91 Å². The molecule has 4 rings (SSSR count). The smallest absolute Gasteiger partial charge is 0.315 e. The lowest BCUT2D eigenvalue weighted by Gasteiger charge is -2.40. The first-order valence-electron chi connectivity index (χ1n) is 18.1. The molecule has 1 aromatic carbocycles. The molecule has 1 aliphatic heterocycles. The number of terminal acetylenes is 1. The van der Waals surface area contributed by atoms with Crippen molar-refractivity contribution in [3.05, 3.63) is 30.3 Å². The first kappa shape index (κ1) is 39.9. The highest BCUT2D eigenvalue weighted by molar-refractivity contribution is 7.91. The van der Waals surface area contributed by atoms with Gasteiger partial charge in [0, 0.05) is 19.5 Å². The van der Waals surface area contributed by atoms with Crippen molar-refractivity contribution in [3.63, 3.8) is 0 Å². The number of rotatable bonds is 14. The maximum absolute atomic E-state index is 14.5. The van der Waals surface area contributed by atoms with E-state index in [1.54, 1.807) is 30.3 Å². The van der Waals surface area contributed by atoms with Gasteiger partial charge in [-0.05, 0) is 54.1 Å². The SMILES string of the molecule is C#CCCNC(=O)C(=O)C(CCC)NC(=O)[C@@H]1[C@@H]2C(CN1C(=O)[C@@H](NC(=O)NC1(CS(=O)(=O)c3ccccc3)CCCCC1)C(C)(C)C)C2(C)C. The molecular formula is C38H55N5O7S. The zero-order valence-electron chi connectivity index (χ0n) is 30.8. The Labute approximate surface area is 302 Å². The Balaban J connectivity index is 1.54. The van der Waals surface area contributed by atoms with E-state index in [4.69, 9.17) is 6.42 Å². The maximum Gasteiger partial charge on any atom is 0.315 e. The minimum atomic E-state index is -3.73. The Hall–Kier alpha value is -3.92. The van der Waals surface area contributed by atoms with Crippen molar-refractivity contribution in [3.8, 4) is 12.3 Å². The number of sulfone groups is 1. The standard InChI is InChI=1S/C38H55N5O7S/c1-8-10-22-39-33(46)30(44)27(17-9-2)40-32(45)29-28-26(37(28,6)7)23-43(29)34(47)31(36(3,4)5)41-35(48)42-38(20-15-12-16-21-38)24-51(49,50)25-18-13-11-14-19-25/h1,11,13-14,18-19,26-29,31H,9-10,12,15-17,20-24H2,2-7H3,(H,39,46)(H,40,45)(H2,41,42,48)/t26?,27?,28-,29-,31+/m0/s1. The summed E-state index contributed by atoms with van der Waals surface area (Å²) in [7, 11) is -3.73. The zero-order chi connectivity index (χ0) is 37.8. The maximum atomic E-state index is 14.5. The Bertz CT molecular complexity index is 1620. The summed E-state index contributed by atoms with van der Waals surface area (Å²) in [5.74, 6) is -0.576. The number of amides is 5. The fraction of sp³-hybridized carbons (Fsp3) is 0.658. The number of ketones is 1. The Kier molecular flexibility index (Phi) is 12.3. The predicted octanol–water partition coefficient (Wildman–Crippen LogP) is 3.35. The molecule has 12 nitrogen and oxygen atoms in total. The number of fused-ring (bicyclic) bond motifs is 1. The van der Waals surface area contributed by atoms with Crippen LogP contribution in [-0.2, 0) is 29.0 Å². The molecule has 3 fully saturated rings. The fourth-order valence-corrected chi connectivity index (χ4v) is 9.78. The van der Waals surface area contributed by atoms with E-state index in [9.17, 15) is 32.4 Å². The van der Waals surface area contributed by atoms with Crippen LogP contribution in [0.5, 0.6) is 0 Å². The third-order valence-electron chi connectivity index (χ3n) is 10.9. The minimum absolute atomic E-state index is 0.0349. The van der Waals surface area contributed by atoms with Gasteiger partial charge >= 0.3 is 6.03 Å². The molecule has 1 saturated heterocycles. The first-order chi connectivity index (χ1) is 23.9. The van der Waals surface area contributed by atoms with Crippen LogP contribution in [0.25, 0.3) is 0 Å². The molecule has 1 aromatic rings. The Morgan fingerprint density at radius 2 is 1.67 bits per heavy atom. The van der Waals surface area contributed by atoms with Gasteiger partial charge in [0.05, 0.1) is 22.2 Å². The van der Waals surface area contributed by atoms with Crippen LogP contribution in [-0.4, -0.2) is 85.4 Å². The van der Waals surface area contributed by atoms with Crippen LogP contribution in [0.4, 0.5) is 4.79 Å². The highest BCUT2D eigenvalue weighted by atomic mass is 32.2. The van der Waals surface area contributed by atoms with Gasteiger partial charge in [-0.1, -0.05) is 85.4 Å². The van der Waals surface area contributed by atoms with Crippen molar-refractivity contribution in [1.82, 2.24) is 26.2 Å². The van der Waals surface area contributed by atoms with E-state index in [0.717, 1.165) is 19.3 Å². The molecule has 3 aliphatic rings. The van der Waals surface area contributed by atoms with Crippen LogP contribution < -0.4 is 21.3 Å². The largest absolute Gasteiger partial charge is 0.348 e. The predicted molar refractivity (Wildman–Crippen MR) is 194 cm³/mol. The zero-order valence-corrected chi connectivity index (χ0v) is 31.7. The number of carbonyl (C=O) groups excluding carboxylic acids is 5. The number of hydrogen-bond donors (Lipinski definition) is 4. The third kappa shape index (κ3) is 9.12. The van der Waals surface area contributed by atoms with Crippen LogP contribution in [0.15, 0.2) is 35.2 Å². The van der Waals surface area contributed by atoms with Crippen molar-refractivity contribution in [2.75, 3.05) is 18.8 Å². The Morgan fingerprint density at radius 1 is 1.02 bits per heavy atom. The van der Waals surface area contributed by atoms with Crippen LogP contribution in [0.1, 0.15) is 92.9 Å². The van der Waals surface area contributed by atoms with E-state index in [-0.39, 0.29) is 47.3 Å². The quantitative estimate of drug-likeness (QED) is 0.130. The molecule has 5 amide bonds. The summed E-state index contributed by atoms with van der Waals surface area (Å²) in [6, 6.07) is 4.47. The van der Waals surface area contributed by atoms with Crippen molar-refractivity contribution < 1.29 is 32.4 Å². The van der Waals surface area contributed by atoms with Gasteiger partial charge in [-0.3, -0.25) is 19.2 Å². The molecule has 13 heteroatoms. The number of benzene rings is 1. The number of likely N-dealkylation sites (tertiary alicyclic amines) is 1. The van der Waals surface area contributed by atoms with Crippen molar-refractivity contribution in [2.45, 2.75) is 121 Å². The van der Waals surface area contributed by atoms with Crippen LogP contribution in [0.2, 0.25) is 0 Å². The molecule has 0 bridgehead atoms. The average Bonchev–Trinajstić information content (AvgIpc) is 3.37. The van der Waals surface area contributed by atoms with E-state index in [1.807, 2.05) is 41.5 Å². The lowest BCUT2D eigenvalue weighted by molar-refractivity contribution is -0.145. The van der Waals surface area contributed by atoms with Gasteiger partial charge in [-0.25, -0.2) is 13.2 Å². The first-order valence-corrected chi connectivity index (χ1v) is 19.8. The molecule has 2 saturated carbocycles. The molecule has 4 N–H and O–H groups in total. The number of Topliss-reactive ketones (excluding diaryl/α,β-unsaturated/α-hetero) is 1. The summed E-state index contributed by atoms with van der Waals surface area (Å²) >= 11 is 0. The van der Waals surface area contributed by atoms with Crippen molar-refractivity contribution >= 4 is 39.4 Å². The average molecular weight is 726 g/mol. The molecule has 2 aliphatic carbocycles. The van der Waals surface area contributed by atoms with Gasteiger partial charge < -0.3 is 26.2 Å². The molecule has 0 aromatic heterocycles. The Morgan fingerprint density at radius 3 is 2.25 bits per heavy atom. The lowest BCUT2D eigenvalue weighted by atomic mass is 9.83. The highest BCUT2D eigenvalue weighted by Gasteiger charge is 2.70. The molecule has 280 valence electrons. The van der Waals surface area contributed by atoms with Gasteiger partial charge in [-0.15, -0.1) is 12.3 Å². The third-order valence-corrected chi connectivity index (χ3v) is 12.8. The van der Waals surface area contributed by atoms with Gasteiger partial charge in [-0.2, -0.15) is 0 Å². The normalized spacial score (nSPS) is 23.1.